The van der Waals surface area contributed by atoms with Gasteiger partial charge in [0.1, 0.15) is 5.69 Å². The molecule has 2 rings (SSSR count). The maximum Gasteiger partial charge on any atom is 0.269 e. The molecule has 1 fully saturated rings. The van der Waals surface area contributed by atoms with Crippen LogP contribution in [0.15, 0.2) is 12.5 Å². The third-order valence-corrected chi connectivity index (χ3v) is 3.29. The summed E-state index contributed by atoms with van der Waals surface area (Å²) in [7, 11) is 1.83. The first-order valence-electron chi connectivity index (χ1n) is 6.22. The van der Waals surface area contributed by atoms with E-state index in [1.165, 1.54) is 12.8 Å². The van der Waals surface area contributed by atoms with Crippen LogP contribution < -0.4 is 10.6 Å². The summed E-state index contributed by atoms with van der Waals surface area (Å²) in [5, 5.41) is 6.33. The van der Waals surface area contributed by atoms with E-state index >= 15 is 0 Å². The van der Waals surface area contributed by atoms with E-state index in [0.29, 0.717) is 11.6 Å². The van der Waals surface area contributed by atoms with Crippen molar-refractivity contribution in [2.24, 2.45) is 13.0 Å². The standard InChI is InChI=1S/C12H20N4O/c1-16-9-14-8-11(16)12(17)15-6-4-10-3-2-5-13-7-10/h8-10,13H,2-7H2,1H3,(H,15,17). The molecule has 5 nitrogen and oxygen atoms in total. The number of nitrogens with one attached hydrogen (secondary N) is 2. The van der Waals surface area contributed by atoms with Gasteiger partial charge in [0.05, 0.1) is 12.5 Å². The second-order valence-corrected chi connectivity index (χ2v) is 4.65. The lowest BCUT2D eigenvalue weighted by Crippen LogP contribution is -2.33. The Morgan fingerprint density at radius 3 is 3.24 bits per heavy atom. The second kappa shape index (κ2) is 5.82. The topological polar surface area (TPSA) is 59.0 Å². The van der Waals surface area contributed by atoms with Crippen molar-refractivity contribution in [3.05, 3.63) is 18.2 Å². The van der Waals surface area contributed by atoms with Crippen LogP contribution in [0.1, 0.15) is 29.8 Å². The molecule has 0 aliphatic carbocycles. The highest BCUT2D eigenvalue weighted by Gasteiger charge is 2.14. The van der Waals surface area contributed by atoms with Gasteiger partial charge in [0.2, 0.25) is 0 Å². The lowest BCUT2D eigenvalue weighted by Gasteiger charge is -2.22. The molecule has 0 aromatic carbocycles. The molecule has 0 spiro atoms. The summed E-state index contributed by atoms with van der Waals surface area (Å²) in [6, 6.07) is 0. The summed E-state index contributed by atoms with van der Waals surface area (Å²) >= 11 is 0. The van der Waals surface area contributed by atoms with Crippen molar-refractivity contribution in [2.75, 3.05) is 19.6 Å². The van der Waals surface area contributed by atoms with Gasteiger partial charge in [-0.05, 0) is 38.3 Å². The Morgan fingerprint density at radius 1 is 1.71 bits per heavy atom. The minimum absolute atomic E-state index is 0.0335. The molecular weight excluding hydrogens is 216 g/mol. The molecule has 17 heavy (non-hydrogen) atoms. The number of piperidine rings is 1. The maximum absolute atomic E-state index is 11.8. The maximum atomic E-state index is 11.8. The van der Waals surface area contributed by atoms with Crippen molar-refractivity contribution in [3.63, 3.8) is 0 Å². The SMILES string of the molecule is Cn1cncc1C(=O)NCCC1CCCNC1. The largest absolute Gasteiger partial charge is 0.351 e. The predicted octanol–water partition coefficient (Wildman–Crippen LogP) is 0.540. The number of carbonyl (C=O) groups excluding carboxylic acids is 1. The van der Waals surface area contributed by atoms with Crippen LogP contribution in [0.4, 0.5) is 0 Å². The Hall–Kier alpha value is -1.36. The van der Waals surface area contributed by atoms with Gasteiger partial charge >= 0.3 is 0 Å². The summed E-state index contributed by atoms with van der Waals surface area (Å²) in [6.07, 6.45) is 6.81. The van der Waals surface area contributed by atoms with Crippen LogP contribution in [-0.2, 0) is 7.05 Å². The Kier molecular flexibility index (Phi) is 4.14. The summed E-state index contributed by atoms with van der Waals surface area (Å²) in [5.41, 5.74) is 0.617. The molecule has 1 amide bonds. The van der Waals surface area contributed by atoms with Crippen LogP contribution in [0.25, 0.3) is 0 Å². The molecule has 1 aromatic heterocycles. The third-order valence-electron chi connectivity index (χ3n) is 3.29. The van der Waals surface area contributed by atoms with Gasteiger partial charge in [-0.3, -0.25) is 4.79 Å². The zero-order chi connectivity index (χ0) is 12.1. The molecule has 1 saturated heterocycles. The molecule has 1 aliphatic rings. The Bertz CT molecular complexity index is 368. The number of hydrogen-bond donors (Lipinski definition) is 2. The van der Waals surface area contributed by atoms with Gasteiger partial charge in [0, 0.05) is 13.6 Å². The molecule has 1 aromatic rings. The van der Waals surface area contributed by atoms with E-state index in [4.69, 9.17) is 0 Å². The second-order valence-electron chi connectivity index (χ2n) is 4.65. The van der Waals surface area contributed by atoms with Crippen molar-refractivity contribution >= 4 is 5.91 Å². The number of carbonyl (C=O) groups is 1. The third kappa shape index (κ3) is 3.30. The number of imidazole rings is 1. The fourth-order valence-corrected chi connectivity index (χ4v) is 2.23. The highest BCUT2D eigenvalue weighted by molar-refractivity contribution is 5.92. The van der Waals surface area contributed by atoms with Gasteiger partial charge < -0.3 is 15.2 Å². The smallest absolute Gasteiger partial charge is 0.269 e. The lowest BCUT2D eigenvalue weighted by molar-refractivity contribution is 0.0942. The van der Waals surface area contributed by atoms with Gasteiger partial charge in [-0.2, -0.15) is 0 Å². The molecule has 0 radical (unpaired) electrons. The van der Waals surface area contributed by atoms with E-state index < -0.39 is 0 Å². The highest BCUT2D eigenvalue weighted by Crippen LogP contribution is 2.12. The average Bonchev–Trinajstić information content (AvgIpc) is 2.77. The van der Waals surface area contributed by atoms with Crippen molar-refractivity contribution < 1.29 is 4.79 Å². The van der Waals surface area contributed by atoms with Gasteiger partial charge in [0.25, 0.3) is 5.91 Å². The van der Waals surface area contributed by atoms with Gasteiger partial charge in [-0.25, -0.2) is 4.98 Å². The van der Waals surface area contributed by atoms with E-state index in [2.05, 4.69) is 15.6 Å². The molecule has 5 heteroatoms. The van der Waals surface area contributed by atoms with E-state index in [9.17, 15) is 4.79 Å². The molecule has 0 bridgehead atoms. The molecule has 94 valence electrons. The van der Waals surface area contributed by atoms with Crippen LogP contribution >= 0.6 is 0 Å². The van der Waals surface area contributed by atoms with Crippen LogP contribution in [0.2, 0.25) is 0 Å². The number of nitrogens with zero attached hydrogens (tertiary/aromatic N) is 2. The number of aromatic nitrogens is 2. The average molecular weight is 236 g/mol. The van der Waals surface area contributed by atoms with Crippen LogP contribution in [0.5, 0.6) is 0 Å². The van der Waals surface area contributed by atoms with Crippen molar-refractivity contribution in [1.82, 2.24) is 20.2 Å². The summed E-state index contributed by atoms with van der Waals surface area (Å²) in [4.78, 5) is 15.7. The minimum atomic E-state index is -0.0335. The summed E-state index contributed by atoms with van der Waals surface area (Å²) < 4.78 is 1.73. The zero-order valence-corrected chi connectivity index (χ0v) is 10.3. The van der Waals surface area contributed by atoms with Crippen molar-refractivity contribution in [3.8, 4) is 0 Å². The van der Waals surface area contributed by atoms with Crippen LogP contribution in [0.3, 0.4) is 0 Å². The first kappa shape index (κ1) is 12.1. The number of amides is 1. The van der Waals surface area contributed by atoms with Crippen molar-refractivity contribution in [1.29, 1.82) is 0 Å². The molecule has 1 unspecified atom stereocenters. The van der Waals surface area contributed by atoms with Crippen LogP contribution in [0, 0.1) is 5.92 Å². The van der Waals surface area contributed by atoms with E-state index in [1.807, 2.05) is 7.05 Å². The van der Waals surface area contributed by atoms with Gasteiger partial charge in [-0.1, -0.05) is 0 Å². The molecular formula is C12H20N4O. The predicted molar refractivity (Wildman–Crippen MR) is 65.8 cm³/mol. The fourth-order valence-electron chi connectivity index (χ4n) is 2.23. The molecule has 1 aliphatic heterocycles. The number of hydrogen-bond acceptors (Lipinski definition) is 3. The normalized spacial score (nSPS) is 20.2. The first-order chi connectivity index (χ1) is 8.27. The summed E-state index contributed by atoms with van der Waals surface area (Å²) in [5.74, 6) is 0.671. The first-order valence-corrected chi connectivity index (χ1v) is 6.22. The number of rotatable bonds is 4. The van der Waals surface area contributed by atoms with Crippen molar-refractivity contribution in [2.45, 2.75) is 19.3 Å². The lowest BCUT2D eigenvalue weighted by atomic mass is 9.96. The molecule has 1 atom stereocenters. The van der Waals surface area contributed by atoms with Crippen LogP contribution in [-0.4, -0.2) is 35.1 Å². The molecule has 2 heterocycles. The molecule has 2 N–H and O–H groups in total. The van der Waals surface area contributed by atoms with Gasteiger partial charge in [-0.15, -0.1) is 0 Å². The molecule has 0 saturated carbocycles. The Morgan fingerprint density at radius 2 is 2.59 bits per heavy atom. The van der Waals surface area contributed by atoms with E-state index in [-0.39, 0.29) is 5.91 Å². The van der Waals surface area contributed by atoms with Gasteiger partial charge in [0.15, 0.2) is 0 Å². The summed E-state index contributed by atoms with van der Waals surface area (Å²) in [6.45, 7) is 2.97. The zero-order valence-electron chi connectivity index (χ0n) is 10.3. The van der Waals surface area contributed by atoms with E-state index in [1.54, 1.807) is 17.1 Å². The number of aryl methyl sites for hydroxylation is 1. The Labute approximate surface area is 102 Å². The Balaban J connectivity index is 1.71. The minimum Gasteiger partial charge on any atom is -0.351 e. The monoisotopic (exact) mass is 236 g/mol. The fraction of sp³-hybridized carbons (Fsp3) is 0.667. The van der Waals surface area contributed by atoms with E-state index in [0.717, 1.165) is 26.1 Å². The quantitative estimate of drug-likeness (QED) is 0.802. The highest BCUT2D eigenvalue weighted by atomic mass is 16.1.